The van der Waals surface area contributed by atoms with E-state index in [0.717, 1.165) is 30.0 Å². The van der Waals surface area contributed by atoms with Gasteiger partial charge in [0, 0.05) is 24.4 Å². The van der Waals surface area contributed by atoms with Gasteiger partial charge in [-0.3, -0.25) is 10.1 Å². The van der Waals surface area contributed by atoms with Crippen molar-refractivity contribution < 1.29 is 18.4 Å². The number of nitrogens with zero attached hydrogens (tertiary/aromatic N) is 1. The molecule has 3 rings (SSSR count). The smallest absolute Gasteiger partial charge is 0.272 e. The van der Waals surface area contributed by atoms with Crippen molar-refractivity contribution in [2.75, 3.05) is 11.9 Å². The van der Waals surface area contributed by atoms with E-state index in [0.29, 0.717) is 6.42 Å². The van der Waals surface area contributed by atoms with E-state index in [2.05, 4.69) is 5.32 Å². The summed E-state index contributed by atoms with van der Waals surface area (Å²) in [6.45, 7) is 0.0925. The molecule has 0 bridgehead atoms. The number of fused-ring (bicyclic) bond motifs is 1. The first-order valence-corrected chi connectivity index (χ1v) is 9.61. The maximum atomic E-state index is 11.6. The van der Waals surface area contributed by atoms with E-state index < -0.39 is 26.2 Å². The Morgan fingerprint density at radius 3 is 2.69 bits per heavy atom. The Bertz CT molecular complexity index is 961. The highest BCUT2D eigenvalue weighted by molar-refractivity contribution is 7.89. The number of sulfonamides is 1. The quantitative estimate of drug-likeness (QED) is 0.538. The minimum absolute atomic E-state index is 0.0925. The van der Waals surface area contributed by atoms with Crippen molar-refractivity contribution in [1.82, 2.24) is 0 Å². The van der Waals surface area contributed by atoms with Gasteiger partial charge in [0.2, 0.25) is 10.0 Å². The zero-order chi connectivity index (χ0) is 18.9. The topological polar surface area (TPSA) is 136 Å². The molecule has 0 fully saturated rings. The van der Waals surface area contributed by atoms with E-state index in [9.17, 15) is 23.6 Å². The van der Waals surface area contributed by atoms with Crippen LogP contribution in [0.4, 0.5) is 11.4 Å². The minimum Gasteiger partial charge on any atom is -0.383 e. The molecule has 0 aromatic heterocycles. The fraction of sp³-hybridized carbons (Fsp3) is 0.294. The average Bonchev–Trinajstić information content (AvgIpc) is 2.59. The molecular formula is C17H19N3O5S. The van der Waals surface area contributed by atoms with Gasteiger partial charge in [-0.25, -0.2) is 13.6 Å². The first kappa shape index (κ1) is 18.3. The Labute approximate surface area is 150 Å². The Morgan fingerprint density at radius 2 is 2.00 bits per heavy atom. The van der Waals surface area contributed by atoms with Crippen molar-refractivity contribution in [3.63, 3.8) is 0 Å². The van der Waals surface area contributed by atoms with Crippen LogP contribution in [-0.2, 0) is 22.0 Å². The number of non-ortho nitro benzene ring substituents is 1. The molecule has 9 heteroatoms. The molecule has 4 N–H and O–H groups in total. The lowest BCUT2D eigenvalue weighted by Gasteiger charge is -2.35. The summed E-state index contributed by atoms with van der Waals surface area (Å²) >= 11 is 0. The van der Waals surface area contributed by atoms with Crippen molar-refractivity contribution >= 4 is 21.4 Å². The van der Waals surface area contributed by atoms with Crippen LogP contribution in [0.15, 0.2) is 47.4 Å². The molecule has 0 saturated carbocycles. The van der Waals surface area contributed by atoms with Gasteiger partial charge < -0.3 is 10.4 Å². The minimum atomic E-state index is -4.10. The SMILES string of the molecule is NS(=O)(=O)c1cc(NCC2(O)CCCc3ccccc32)cc([N+](=O)[O-])c1. The summed E-state index contributed by atoms with van der Waals surface area (Å²) < 4.78 is 23.1. The van der Waals surface area contributed by atoms with Gasteiger partial charge in [-0.1, -0.05) is 24.3 Å². The summed E-state index contributed by atoms with van der Waals surface area (Å²) in [7, 11) is -4.10. The molecule has 2 aromatic rings. The van der Waals surface area contributed by atoms with E-state index in [1.807, 2.05) is 24.3 Å². The molecule has 1 aliphatic rings. The molecule has 1 aliphatic carbocycles. The normalized spacial score (nSPS) is 19.6. The van der Waals surface area contributed by atoms with Gasteiger partial charge in [-0.05, 0) is 36.5 Å². The van der Waals surface area contributed by atoms with Crippen LogP contribution in [-0.4, -0.2) is 25.0 Å². The van der Waals surface area contributed by atoms with Crippen molar-refractivity contribution in [2.24, 2.45) is 5.14 Å². The molecule has 0 saturated heterocycles. The highest BCUT2D eigenvalue weighted by atomic mass is 32.2. The largest absolute Gasteiger partial charge is 0.383 e. The number of primary sulfonamides is 1. The van der Waals surface area contributed by atoms with Crippen LogP contribution in [0.25, 0.3) is 0 Å². The summed E-state index contributed by atoms with van der Waals surface area (Å²) in [5.41, 5.74) is 0.555. The fourth-order valence-electron chi connectivity index (χ4n) is 3.29. The molecule has 1 atom stereocenters. The summed E-state index contributed by atoms with van der Waals surface area (Å²) in [6.07, 6.45) is 2.23. The van der Waals surface area contributed by atoms with Crippen molar-refractivity contribution in [2.45, 2.75) is 29.8 Å². The molecule has 1 unspecified atom stereocenters. The number of rotatable bonds is 5. The third kappa shape index (κ3) is 3.69. The zero-order valence-electron chi connectivity index (χ0n) is 13.9. The molecule has 0 aliphatic heterocycles. The summed E-state index contributed by atoms with van der Waals surface area (Å²) in [5.74, 6) is 0. The molecule has 0 amide bonds. The van der Waals surface area contributed by atoms with Crippen LogP contribution in [0, 0.1) is 10.1 Å². The maximum absolute atomic E-state index is 11.6. The van der Waals surface area contributed by atoms with Gasteiger partial charge in [0.1, 0.15) is 5.60 Å². The second-order valence-electron chi connectivity index (χ2n) is 6.41. The number of nitro groups is 1. The lowest BCUT2D eigenvalue weighted by atomic mass is 9.79. The number of hydrogen-bond acceptors (Lipinski definition) is 6. The first-order valence-electron chi connectivity index (χ1n) is 8.06. The van der Waals surface area contributed by atoms with Crippen LogP contribution in [0.2, 0.25) is 0 Å². The maximum Gasteiger partial charge on any atom is 0.272 e. The van der Waals surface area contributed by atoms with Crippen LogP contribution in [0.5, 0.6) is 0 Å². The lowest BCUT2D eigenvalue weighted by molar-refractivity contribution is -0.385. The van der Waals surface area contributed by atoms with Gasteiger partial charge in [0.25, 0.3) is 5.69 Å². The zero-order valence-corrected chi connectivity index (χ0v) is 14.7. The Balaban J connectivity index is 1.91. The summed E-state index contributed by atoms with van der Waals surface area (Å²) in [4.78, 5) is 10.0. The molecule has 0 spiro atoms. The third-order valence-corrected chi connectivity index (χ3v) is 5.46. The van der Waals surface area contributed by atoms with E-state index in [1.165, 1.54) is 12.1 Å². The standard InChI is InChI=1S/C17H19N3O5S/c18-26(24,25)15-9-13(8-14(10-15)20(22)23)19-11-17(21)7-3-5-12-4-1-2-6-16(12)17/h1-2,4,6,8-10,19,21H,3,5,7,11H2,(H2,18,24,25). The van der Waals surface area contributed by atoms with Gasteiger partial charge in [-0.15, -0.1) is 0 Å². The fourth-order valence-corrected chi connectivity index (χ4v) is 3.86. The van der Waals surface area contributed by atoms with Crippen LogP contribution in [0.1, 0.15) is 24.0 Å². The number of aryl methyl sites for hydroxylation is 1. The summed E-state index contributed by atoms with van der Waals surface area (Å²) in [5, 5.41) is 30.1. The Morgan fingerprint density at radius 1 is 1.27 bits per heavy atom. The van der Waals surface area contributed by atoms with E-state index >= 15 is 0 Å². The van der Waals surface area contributed by atoms with Crippen molar-refractivity contribution in [1.29, 1.82) is 0 Å². The van der Waals surface area contributed by atoms with Crippen molar-refractivity contribution in [3.8, 4) is 0 Å². The predicted molar refractivity (Wildman–Crippen MR) is 96.2 cm³/mol. The molecule has 138 valence electrons. The van der Waals surface area contributed by atoms with Crippen molar-refractivity contribution in [3.05, 3.63) is 63.7 Å². The number of hydrogen-bond donors (Lipinski definition) is 3. The highest BCUT2D eigenvalue weighted by Crippen LogP contribution is 2.35. The van der Waals surface area contributed by atoms with Gasteiger partial charge in [0.05, 0.1) is 9.82 Å². The molecule has 8 nitrogen and oxygen atoms in total. The van der Waals surface area contributed by atoms with Gasteiger partial charge in [-0.2, -0.15) is 0 Å². The molecule has 0 heterocycles. The number of aliphatic hydroxyl groups is 1. The Hall–Kier alpha value is -2.49. The predicted octanol–water partition coefficient (Wildman–Crippen LogP) is 1.88. The Kier molecular flexibility index (Phi) is 4.70. The summed E-state index contributed by atoms with van der Waals surface area (Å²) in [6, 6.07) is 10.9. The number of nitrogens with two attached hydrogens (primary N) is 1. The first-order chi connectivity index (χ1) is 12.2. The molecule has 26 heavy (non-hydrogen) atoms. The van der Waals surface area contributed by atoms with Gasteiger partial charge in [0.15, 0.2) is 0 Å². The second kappa shape index (κ2) is 6.67. The highest BCUT2D eigenvalue weighted by Gasteiger charge is 2.34. The van der Waals surface area contributed by atoms with Gasteiger partial charge >= 0.3 is 0 Å². The molecular weight excluding hydrogens is 358 g/mol. The van der Waals surface area contributed by atoms with E-state index in [-0.39, 0.29) is 17.1 Å². The van der Waals surface area contributed by atoms with Crippen LogP contribution >= 0.6 is 0 Å². The number of anilines is 1. The lowest BCUT2D eigenvalue weighted by Crippen LogP contribution is -2.37. The monoisotopic (exact) mass is 377 g/mol. The van der Waals surface area contributed by atoms with E-state index in [1.54, 1.807) is 0 Å². The van der Waals surface area contributed by atoms with Crippen LogP contribution in [0.3, 0.4) is 0 Å². The molecule has 0 radical (unpaired) electrons. The second-order valence-corrected chi connectivity index (χ2v) is 7.97. The van der Waals surface area contributed by atoms with E-state index in [4.69, 9.17) is 5.14 Å². The number of benzene rings is 2. The third-order valence-electron chi connectivity index (χ3n) is 4.57. The average molecular weight is 377 g/mol. The van der Waals surface area contributed by atoms with Crippen LogP contribution < -0.4 is 10.5 Å². The number of nitro benzene ring substituents is 1. The number of nitrogens with one attached hydrogen (secondary N) is 1. The molecule has 2 aromatic carbocycles.